The SMILES string of the molecule is COc1ccc(CCN2C(=O)N(C)C(=O)C23CCN(C2Cc4ccccc4C2)CC3)cc1. The van der Waals surface area contributed by atoms with E-state index >= 15 is 0 Å². The molecule has 2 aromatic rings. The molecular formula is C26H31N3O3. The van der Waals surface area contributed by atoms with Gasteiger partial charge < -0.3 is 9.64 Å². The number of likely N-dealkylation sites (N-methyl/N-ethyl adjacent to an activating group) is 1. The Morgan fingerprint density at radius 1 is 0.969 bits per heavy atom. The smallest absolute Gasteiger partial charge is 0.327 e. The van der Waals surface area contributed by atoms with Crippen LogP contribution in [0.3, 0.4) is 0 Å². The molecule has 2 aromatic carbocycles. The lowest BCUT2D eigenvalue weighted by atomic mass is 9.85. The molecule has 2 aliphatic heterocycles. The Morgan fingerprint density at radius 2 is 1.59 bits per heavy atom. The van der Waals surface area contributed by atoms with E-state index in [2.05, 4.69) is 29.2 Å². The zero-order valence-corrected chi connectivity index (χ0v) is 18.9. The van der Waals surface area contributed by atoms with Gasteiger partial charge in [0.2, 0.25) is 0 Å². The molecule has 1 spiro atoms. The summed E-state index contributed by atoms with van der Waals surface area (Å²) in [4.78, 5) is 31.9. The first-order chi connectivity index (χ1) is 15.5. The number of hydrogen-bond acceptors (Lipinski definition) is 4. The Kier molecular flexibility index (Phi) is 5.41. The average Bonchev–Trinajstić information content (AvgIpc) is 3.34. The number of methoxy groups -OCH3 is 1. The number of hydrogen-bond donors (Lipinski definition) is 0. The zero-order valence-electron chi connectivity index (χ0n) is 18.9. The van der Waals surface area contributed by atoms with Crippen molar-refractivity contribution in [3.05, 3.63) is 65.2 Å². The molecule has 3 aliphatic rings. The minimum absolute atomic E-state index is 0.0356. The third-order valence-corrected chi connectivity index (χ3v) is 7.69. The molecule has 0 bridgehead atoms. The molecule has 6 nitrogen and oxygen atoms in total. The van der Waals surface area contributed by atoms with E-state index in [-0.39, 0.29) is 11.9 Å². The van der Waals surface area contributed by atoms with Crippen LogP contribution in [-0.2, 0) is 24.1 Å². The van der Waals surface area contributed by atoms with Crippen LogP contribution in [0.4, 0.5) is 4.79 Å². The highest BCUT2D eigenvalue weighted by molar-refractivity contribution is 6.06. The summed E-state index contributed by atoms with van der Waals surface area (Å²) in [6.07, 6.45) is 4.29. The summed E-state index contributed by atoms with van der Waals surface area (Å²) < 4.78 is 5.23. The van der Waals surface area contributed by atoms with Gasteiger partial charge in [0.1, 0.15) is 11.3 Å². The van der Waals surface area contributed by atoms with E-state index in [1.165, 1.54) is 16.0 Å². The molecule has 0 unspecified atom stereocenters. The van der Waals surface area contributed by atoms with Gasteiger partial charge in [-0.1, -0.05) is 36.4 Å². The second-order valence-electron chi connectivity index (χ2n) is 9.29. The fourth-order valence-corrected chi connectivity index (χ4v) is 5.76. The van der Waals surface area contributed by atoms with Crippen LogP contribution in [0.2, 0.25) is 0 Å². The minimum atomic E-state index is -0.694. The highest BCUT2D eigenvalue weighted by atomic mass is 16.5. The maximum absolute atomic E-state index is 13.2. The van der Waals surface area contributed by atoms with Gasteiger partial charge in [0.25, 0.3) is 5.91 Å². The third kappa shape index (κ3) is 3.47. The molecule has 2 fully saturated rings. The number of ether oxygens (including phenoxy) is 1. The van der Waals surface area contributed by atoms with Crippen LogP contribution in [0.5, 0.6) is 5.75 Å². The predicted molar refractivity (Wildman–Crippen MR) is 123 cm³/mol. The summed E-state index contributed by atoms with van der Waals surface area (Å²) in [5, 5.41) is 0. The summed E-state index contributed by atoms with van der Waals surface area (Å²) in [6, 6.07) is 17.0. The largest absolute Gasteiger partial charge is 0.497 e. The highest BCUT2D eigenvalue weighted by Gasteiger charge is 2.56. The zero-order chi connectivity index (χ0) is 22.3. The first-order valence-electron chi connectivity index (χ1n) is 11.6. The molecule has 1 aliphatic carbocycles. The van der Waals surface area contributed by atoms with Crippen LogP contribution in [0, 0.1) is 0 Å². The van der Waals surface area contributed by atoms with E-state index < -0.39 is 5.54 Å². The van der Waals surface area contributed by atoms with Gasteiger partial charge in [0.05, 0.1) is 7.11 Å². The number of amides is 3. The quantitative estimate of drug-likeness (QED) is 0.680. The van der Waals surface area contributed by atoms with E-state index in [0.717, 1.165) is 43.7 Å². The lowest BCUT2D eigenvalue weighted by molar-refractivity contribution is -0.135. The summed E-state index contributed by atoms with van der Waals surface area (Å²) in [6.45, 7) is 2.26. The van der Waals surface area contributed by atoms with Gasteiger partial charge in [0.15, 0.2) is 0 Å². The molecule has 0 aromatic heterocycles. The fraction of sp³-hybridized carbons (Fsp3) is 0.462. The van der Waals surface area contributed by atoms with Crippen molar-refractivity contribution in [2.75, 3.05) is 33.8 Å². The molecule has 2 saturated heterocycles. The molecular weight excluding hydrogens is 402 g/mol. The van der Waals surface area contributed by atoms with Crippen LogP contribution < -0.4 is 4.74 Å². The van der Waals surface area contributed by atoms with Crippen molar-refractivity contribution in [1.29, 1.82) is 0 Å². The van der Waals surface area contributed by atoms with Crippen molar-refractivity contribution in [3.8, 4) is 5.75 Å². The van der Waals surface area contributed by atoms with Crippen molar-refractivity contribution < 1.29 is 14.3 Å². The Morgan fingerprint density at radius 3 is 2.19 bits per heavy atom. The summed E-state index contributed by atoms with van der Waals surface area (Å²) in [5.74, 6) is 0.783. The average molecular weight is 434 g/mol. The topological polar surface area (TPSA) is 53.1 Å². The Hall–Kier alpha value is -2.86. The van der Waals surface area contributed by atoms with Crippen LogP contribution in [-0.4, -0.2) is 72.0 Å². The summed E-state index contributed by atoms with van der Waals surface area (Å²) in [7, 11) is 3.28. The van der Waals surface area contributed by atoms with E-state index in [4.69, 9.17) is 4.74 Å². The maximum atomic E-state index is 13.2. The first kappa shape index (κ1) is 21.0. The second-order valence-corrected chi connectivity index (χ2v) is 9.29. The standard InChI is InChI=1S/C26H31N3O3/c1-27-24(30)26(29(25(27)31)14-11-19-7-9-23(32-2)10-8-19)12-15-28(16-13-26)22-17-20-5-3-4-6-21(20)18-22/h3-10,22H,11-18H2,1-2H3. The van der Waals surface area contributed by atoms with Gasteiger partial charge in [-0.05, 0) is 60.9 Å². The summed E-state index contributed by atoms with van der Waals surface area (Å²) >= 11 is 0. The number of urea groups is 1. The van der Waals surface area contributed by atoms with Gasteiger partial charge in [-0.3, -0.25) is 14.6 Å². The molecule has 0 saturated carbocycles. The summed E-state index contributed by atoms with van der Waals surface area (Å²) in [5.41, 5.74) is 3.34. The van der Waals surface area contributed by atoms with Crippen LogP contribution in [0.25, 0.3) is 0 Å². The van der Waals surface area contributed by atoms with Crippen molar-refractivity contribution in [2.45, 2.75) is 43.7 Å². The van der Waals surface area contributed by atoms with Gasteiger partial charge in [-0.15, -0.1) is 0 Å². The number of carbonyl (C=O) groups is 2. The number of imide groups is 1. The molecule has 6 heteroatoms. The molecule has 0 N–H and O–H groups in total. The molecule has 32 heavy (non-hydrogen) atoms. The van der Waals surface area contributed by atoms with E-state index in [1.54, 1.807) is 14.2 Å². The van der Waals surface area contributed by atoms with E-state index in [9.17, 15) is 9.59 Å². The van der Waals surface area contributed by atoms with Gasteiger partial charge in [0, 0.05) is 32.7 Å². The van der Waals surface area contributed by atoms with Crippen molar-refractivity contribution in [3.63, 3.8) is 0 Å². The van der Waals surface area contributed by atoms with E-state index in [0.29, 0.717) is 25.4 Å². The fourth-order valence-electron chi connectivity index (χ4n) is 5.76. The molecule has 0 radical (unpaired) electrons. The molecule has 2 heterocycles. The number of fused-ring (bicyclic) bond motifs is 1. The van der Waals surface area contributed by atoms with Crippen LogP contribution in [0.15, 0.2) is 48.5 Å². The van der Waals surface area contributed by atoms with Crippen LogP contribution in [0.1, 0.15) is 29.5 Å². The monoisotopic (exact) mass is 433 g/mol. The van der Waals surface area contributed by atoms with Gasteiger partial charge in [-0.2, -0.15) is 0 Å². The van der Waals surface area contributed by atoms with Gasteiger partial charge in [-0.25, -0.2) is 4.79 Å². The number of nitrogens with zero attached hydrogens (tertiary/aromatic N) is 3. The normalized spacial score (nSPS) is 20.9. The molecule has 168 valence electrons. The highest BCUT2D eigenvalue weighted by Crippen LogP contribution is 2.38. The molecule has 5 rings (SSSR count). The molecule has 3 amide bonds. The van der Waals surface area contributed by atoms with Crippen LogP contribution >= 0.6 is 0 Å². The number of likely N-dealkylation sites (tertiary alicyclic amines) is 1. The van der Waals surface area contributed by atoms with Crippen molar-refractivity contribution in [2.24, 2.45) is 0 Å². The first-order valence-corrected chi connectivity index (χ1v) is 11.6. The Bertz CT molecular complexity index is 986. The lowest BCUT2D eigenvalue weighted by Gasteiger charge is -2.44. The Labute approximate surface area is 189 Å². The Balaban J connectivity index is 1.27. The van der Waals surface area contributed by atoms with Gasteiger partial charge >= 0.3 is 6.03 Å². The van der Waals surface area contributed by atoms with Crippen molar-refractivity contribution in [1.82, 2.24) is 14.7 Å². The second kappa shape index (κ2) is 8.24. The minimum Gasteiger partial charge on any atom is -0.497 e. The number of rotatable bonds is 5. The number of piperidine rings is 1. The lowest BCUT2D eigenvalue weighted by Crippen LogP contribution is -2.58. The number of benzene rings is 2. The number of carbonyl (C=O) groups excluding carboxylic acids is 2. The third-order valence-electron chi connectivity index (χ3n) is 7.69. The molecule has 0 atom stereocenters. The van der Waals surface area contributed by atoms with E-state index in [1.807, 2.05) is 29.2 Å². The predicted octanol–water partition coefficient (Wildman–Crippen LogP) is 3.13. The maximum Gasteiger partial charge on any atom is 0.327 e. The van der Waals surface area contributed by atoms with Crippen molar-refractivity contribution >= 4 is 11.9 Å².